The summed E-state index contributed by atoms with van der Waals surface area (Å²) in [5.74, 6) is 0. The summed E-state index contributed by atoms with van der Waals surface area (Å²) < 4.78 is 2.68. The first kappa shape index (κ1) is 14.9. The average molecular weight is 278 g/mol. The maximum Gasteiger partial charge on any atom is 0.0233 e. The maximum absolute atomic E-state index is 3.46. The zero-order chi connectivity index (χ0) is 13.5. The van der Waals surface area contributed by atoms with Crippen molar-refractivity contribution in [2.45, 2.75) is 56.5 Å². The third-order valence-corrected chi connectivity index (χ3v) is 4.82. The second-order valence-electron chi connectivity index (χ2n) is 4.98. The Bertz CT molecular complexity index is 345. The molecular weight excluding hydrogens is 252 g/mol. The largest absolute Gasteiger partial charge is 0.317 e. The lowest BCUT2D eigenvalue weighted by Gasteiger charge is -2.33. The molecule has 1 aliphatic heterocycles. The first-order valence-electron chi connectivity index (χ1n) is 7.65. The Balaban J connectivity index is 0.000000637. The number of rotatable bonds is 4. The van der Waals surface area contributed by atoms with Crippen LogP contribution in [0.5, 0.6) is 0 Å². The Kier molecular flexibility index (Phi) is 6.21. The molecule has 0 unspecified atom stereocenters. The van der Waals surface area contributed by atoms with Crippen LogP contribution in [0.4, 0.5) is 0 Å². The second-order valence-corrected chi connectivity index (χ2v) is 6.05. The quantitative estimate of drug-likeness (QED) is 0.840. The van der Waals surface area contributed by atoms with Gasteiger partial charge in [0, 0.05) is 17.0 Å². The summed E-state index contributed by atoms with van der Waals surface area (Å²) >= 11 is 1.97. The molecule has 2 nitrogen and oxygen atoms in total. The van der Waals surface area contributed by atoms with Crippen LogP contribution in [0.15, 0.2) is 35.2 Å². The van der Waals surface area contributed by atoms with Crippen molar-refractivity contribution in [3.63, 3.8) is 0 Å². The van der Waals surface area contributed by atoms with Gasteiger partial charge in [-0.15, -0.1) is 0 Å². The molecule has 0 spiro atoms. The molecule has 1 N–H and O–H groups in total. The van der Waals surface area contributed by atoms with Crippen LogP contribution in [0.3, 0.4) is 0 Å². The van der Waals surface area contributed by atoms with Gasteiger partial charge in [0.2, 0.25) is 0 Å². The van der Waals surface area contributed by atoms with E-state index in [-0.39, 0.29) is 0 Å². The van der Waals surface area contributed by atoms with Crippen molar-refractivity contribution >= 4 is 11.9 Å². The number of hydrogen-bond acceptors (Lipinski definition) is 3. The van der Waals surface area contributed by atoms with Gasteiger partial charge in [0.1, 0.15) is 0 Å². The van der Waals surface area contributed by atoms with Crippen LogP contribution in [0.2, 0.25) is 0 Å². The van der Waals surface area contributed by atoms with Crippen molar-refractivity contribution in [3.05, 3.63) is 30.3 Å². The highest BCUT2D eigenvalue weighted by molar-refractivity contribution is 7.97. The lowest BCUT2D eigenvalue weighted by Crippen LogP contribution is -2.40. The van der Waals surface area contributed by atoms with E-state index in [4.69, 9.17) is 0 Å². The molecule has 0 aromatic heterocycles. The van der Waals surface area contributed by atoms with E-state index in [1.165, 1.54) is 43.7 Å². The fourth-order valence-electron chi connectivity index (χ4n) is 2.44. The molecule has 3 heteroatoms. The fourth-order valence-corrected chi connectivity index (χ4v) is 3.68. The highest BCUT2D eigenvalue weighted by atomic mass is 32.2. The van der Waals surface area contributed by atoms with Crippen molar-refractivity contribution in [1.82, 2.24) is 9.62 Å². The molecule has 1 saturated carbocycles. The van der Waals surface area contributed by atoms with Crippen LogP contribution < -0.4 is 5.32 Å². The first-order valence-corrected chi connectivity index (χ1v) is 8.43. The van der Waals surface area contributed by atoms with Crippen molar-refractivity contribution in [3.8, 4) is 0 Å². The van der Waals surface area contributed by atoms with Gasteiger partial charge in [0.25, 0.3) is 0 Å². The Hall–Kier alpha value is -0.510. The van der Waals surface area contributed by atoms with Crippen molar-refractivity contribution in [2.75, 3.05) is 13.1 Å². The number of benzene rings is 1. The van der Waals surface area contributed by atoms with Crippen molar-refractivity contribution < 1.29 is 0 Å². The van der Waals surface area contributed by atoms with Crippen LogP contribution in [0, 0.1) is 0 Å². The summed E-state index contributed by atoms with van der Waals surface area (Å²) in [5, 5.41) is 3.46. The van der Waals surface area contributed by atoms with Crippen LogP contribution in [0.1, 0.15) is 39.5 Å². The molecule has 0 bridgehead atoms. The zero-order valence-corrected chi connectivity index (χ0v) is 13.0. The molecule has 19 heavy (non-hydrogen) atoms. The molecule has 1 heterocycles. The van der Waals surface area contributed by atoms with Gasteiger partial charge >= 0.3 is 0 Å². The second kappa shape index (κ2) is 7.93. The molecule has 3 rings (SSSR count). The molecule has 0 amide bonds. The third kappa shape index (κ3) is 4.51. The van der Waals surface area contributed by atoms with Gasteiger partial charge in [-0.1, -0.05) is 32.0 Å². The Morgan fingerprint density at radius 3 is 2.11 bits per heavy atom. The van der Waals surface area contributed by atoms with E-state index >= 15 is 0 Å². The number of nitrogens with zero attached hydrogens (tertiary/aromatic N) is 1. The highest BCUT2D eigenvalue weighted by Crippen LogP contribution is 2.39. The molecule has 1 aromatic carbocycles. The Morgan fingerprint density at radius 2 is 1.53 bits per heavy atom. The predicted octanol–water partition coefficient (Wildman–Crippen LogP) is 3.94. The molecule has 0 radical (unpaired) electrons. The topological polar surface area (TPSA) is 15.3 Å². The lowest BCUT2D eigenvalue weighted by molar-refractivity contribution is 0.276. The van der Waals surface area contributed by atoms with Gasteiger partial charge in [-0.25, -0.2) is 4.31 Å². The summed E-state index contributed by atoms with van der Waals surface area (Å²) in [5.41, 5.74) is 0. The normalized spacial score (nSPS) is 19.9. The van der Waals surface area contributed by atoms with E-state index < -0.39 is 0 Å². The molecule has 2 aliphatic rings. The van der Waals surface area contributed by atoms with E-state index in [9.17, 15) is 0 Å². The van der Waals surface area contributed by atoms with Crippen LogP contribution in [-0.4, -0.2) is 29.5 Å². The summed E-state index contributed by atoms with van der Waals surface area (Å²) in [6.07, 6.45) is 5.39. The van der Waals surface area contributed by atoms with Crippen LogP contribution >= 0.6 is 11.9 Å². The zero-order valence-electron chi connectivity index (χ0n) is 12.1. The number of hydrogen-bond donors (Lipinski definition) is 1. The molecular formula is C16H26N2S. The predicted molar refractivity (Wildman–Crippen MR) is 84.4 cm³/mol. The highest BCUT2D eigenvalue weighted by Gasteiger charge is 2.35. The molecule has 1 saturated heterocycles. The van der Waals surface area contributed by atoms with E-state index in [1.54, 1.807) is 0 Å². The van der Waals surface area contributed by atoms with Gasteiger partial charge in [-0.2, -0.15) is 0 Å². The molecule has 0 atom stereocenters. The average Bonchev–Trinajstić information content (AvgIpc) is 3.33. The van der Waals surface area contributed by atoms with Gasteiger partial charge in [-0.3, -0.25) is 0 Å². The third-order valence-electron chi connectivity index (χ3n) is 3.53. The van der Waals surface area contributed by atoms with Gasteiger partial charge in [0.15, 0.2) is 0 Å². The fraction of sp³-hybridized carbons (Fsp3) is 0.625. The maximum atomic E-state index is 3.46. The van der Waals surface area contributed by atoms with Crippen molar-refractivity contribution in [1.29, 1.82) is 0 Å². The number of piperidine rings is 1. The molecule has 1 aromatic rings. The Morgan fingerprint density at radius 1 is 0.947 bits per heavy atom. The van der Waals surface area contributed by atoms with Crippen molar-refractivity contribution in [2.24, 2.45) is 0 Å². The number of nitrogens with one attached hydrogen (secondary N) is 1. The smallest absolute Gasteiger partial charge is 0.0233 e. The van der Waals surface area contributed by atoms with E-state index in [2.05, 4.69) is 40.0 Å². The summed E-state index contributed by atoms with van der Waals surface area (Å²) in [6.45, 7) is 6.37. The van der Waals surface area contributed by atoms with E-state index in [0.717, 1.165) is 12.1 Å². The minimum Gasteiger partial charge on any atom is -0.317 e. The van der Waals surface area contributed by atoms with Gasteiger partial charge in [0.05, 0.1) is 0 Å². The van der Waals surface area contributed by atoms with Gasteiger partial charge < -0.3 is 5.32 Å². The summed E-state index contributed by atoms with van der Waals surface area (Å²) in [7, 11) is 0. The van der Waals surface area contributed by atoms with Crippen LogP contribution in [0.25, 0.3) is 0 Å². The minimum absolute atomic E-state index is 0.772. The monoisotopic (exact) mass is 278 g/mol. The summed E-state index contributed by atoms with van der Waals surface area (Å²) in [6, 6.07) is 12.4. The summed E-state index contributed by atoms with van der Waals surface area (Å²) in [4.78, 5) is 1.39. The van der Waals surface area contributed by atoms with E-state index in [0.29, 0.717) is 0 Å². The van der Waals surface area contributed by atoms with E-state index in [1.807, 2.05) is 25.8 Å². The standard InChI is InChI=1S/C14H20N2S.C2H6/c1-2-4-14(5-3-1)17-16(12-6-7-12)13-8-10-15-11-9-13;1-2/h1-5,12-13,15H,6-11H2;1-2H3. The minimum atomic E-state index is 0.772. The first-order chi connectivity index (χ1) is 9.43. The molecule has 1 aliphatic carbocycles. The van der Waals surface area contributed by atoms with Crippen LogP contribution in [-0.2, 0) is 0 Å². The SMILES string of the molecule is CC.c1ccc(SN(C2CCNCC2)C2CC2)cc1. The Labute approximate surface area is 122 Å². The van der Waals surface area contributed by atoms with Gasteiger partial charge in [-0.05, 0) is 62.9 Å². The molecule has 106 valence electrons. The lowest BCUT2D eigenvalue weighted by atomic mass is 10.1. The molecule has 2 fully saturated rings.